The van der Waals surface area contributed by atoms with E-state index in [0.29, 0.717) is 44.1 Å². The highest BCUT2D eigenvalue weighted by Gasteiger charge is 2.32. The van der Waals surface area contributed by atoms with Crippen LogP contribution in [0.3, 0.4) is 0 Å². The highest BCUT2D eigenvalue weighted by atomic mass is 35.5. The molecule has 0 spiro atoms. The summed E-state index contributed by atoms with van der Waals surface area (Å²) in [5.41, 5.74) is 10.7. The molecule has 0 bridgehead atoms. The Bertz CT molecular complexity index is 1670. The number of aromatic nitrogens is 3. The first-order chi connectivity index (χ1) is 18.9. The van der Waals surface area contributed by atoms with Gasteiger partial charge in [-0.05, 0) is 38.0 Å². The number of nitrogens with one attached hydrogen (secondary N) is 4. The second-order valence-electron chi connectivity index (χ2n) is 9.40. The first-order valence-electron chi connectivity index (χ1n) is 12.2. The molecule has 4 N–H and O–H groups in total. The van der Waals surface area contributed by atoms with Gasteiger partial charge in [-0.2, -0.15) is 5.26 Å². The number of pyridine rings is 3. The Balaban J connectivity index is 1.42. The maximum absolute atomic E-state index is 14.2. The number of nitriles is 1. The second-order valence-corrected chi connectivity index (χ2v) is 10.2. The molecule has 0 unspecified atom stereocenters. The van der Waals surface area contributed by atoms with Crippen molar-refractivity contribution in [3.63, 3.8) is 0 Å². The number of aryl methyl sites for hydroxylation is 1. The SMILES string of the molecule is Cc1ncc(Nc2c(C#N)cnc3c(Cl)cc(N[C@H](C4=CN(C5CC5)NN4)c4cncc(Cl)c4)cc23)cc1F. The quantitative estimate of drug-likeness (QED) is 0.219. The number of anilines is 3. The molecule has 9 nitrogen and oxygen atoms in total. The molecule has 1 saturated carbocycles. The van der Waals surface area contributed by atoms with Crippen LogP contribution < -0.4 is 21.6 Å². The lowest BCUT2D eigenvalue weighted by Crippen LogP contribution is -2.38. The van der Waals surface area contributed by atoms with E-state index in [9.17, 15) is 9.65 Å². The highest BCUT2D eigenvalue weighted by molar-refractivity contribution is 6.36. The zero-order valence-corrected chi connectivity index (χ0v) is 22.1. The zero-order chi connectivity index (χ0) is 27.1. The monoisotopic (exact) mass is 561 g/mol. The molecule has 196 valence electrons. The van der Waals surface area contributed by atoms with Crippen molar-refractivity contribution < 1.29 is 4.39 Å². The van der Waals surface area contributed by atoms with Crippen LogP contribution in [0.25, 0.3) is 10.9 Å². The Morgan fingerprint density at radius 1 is 1.10 bits per heavy atom. The lowest BCUT2D eigenvalue weighted by Gasteiger charge is -2.22. The van der Waals surface area contributed by atoms with Gasteiger partial charge in [0.2, 0.25) is 0 Å². The van der Waals surface area contributed by atoms with Crippen LogP contribution in [0.2, 0.25) is 10.0 Å². The van der Waals surface area contributed by atoms with Crippen molar-refractivity contribution in [3.05, 3.63) is 93.6 Å². The summed E-state index contributed by atoms with van der Waals surface area (Å²) < 4.78 is 14.2. The molecule has 3 aromatic heterocycles. The Hall–Kier alpha value is -4.17. The van der Waals surface area contributed by atoms with E-state index in [0.717, 1.165) is 24.1 Å². The Morgan fingerprint density at radius 3 is 2.69 bits per heavy atom. The molecule has 39 heavy (non-hydrogen) atoms. The van der Waals surface area contributed by atoms with Crippen molar-refractivity contribution in [2.75, 3.05) is 10.6 Å². The number of halogens is 3. The molecule has 1 aromatic carbocycles. The molecule has 4 aromatic rings. The largest absolute Gasteiger partial charge is 0.373 e. The van der Waals surface area contributed by atoms with Gasteiger partial charge in [0.15, 0.2) is 0 Å². The topological polar surface area (TPSA) is 114 Å². The van der Waals surface area contributed by atoms with Gasteiger partial charge in [-0.15, -0.1) is 5.53 Å². The van der Waals surface area contributed by atoms with E-state index < -0.39 is 5.82 Å². The van der Waals surface area contributed by atoms with Crippen LogP contribution in [-0.2, 0) is 0 Å². The minimum absolute atomic E-state index is 0.275. The molecule has 0 saturated heterocycles. The van der Waals surface area contributed by atoms with Gasteiger partial charge in [-0.3, -0.25) is 20.0 Å². The normalized spacial score (nSPS) is 15.5. The summed E-state index contributed by atoms with van der Waals surface area (Å²) in [6.45, 7) is 1.58. The average molecular weight is 562 g/mol. The van der Waals surface area contributed by atoms with Crippen LogP contribution in [0.15, 0.2) is 60.9 Å². The molecule has 0 amide bonds. The lowest BCUT2D eigenvalue weighted by molar-refractivity contribution is 0.260. The van der Waals surface area contributed by atoms with Crippen LogP contribution >= 0.6 is 23.2 Å². The van der Waals surface area contributed by atoms with Crippen molar-refractivity contribution in [1.29, 1.82) is 5.26 Å². The number of rotatable bonds is 7. The number of hydrogen-bond donors (Lipinski definition) is 4. The fourth-order valence-corrected chi connectivity index (χ4v) is 4.86. The fraction of sp³-hybridized carbons (Fsp3) is 0.185. The van der Waals surface area contributed by atoms with Crippen LogP contribution in [0.1, 0.15) is 35.7 Å². The van der Waals surface area contributed by atoms with Gasteiger partial charge in [-0.1, -0.05) is 23.2 Å². The van der Waals surface area contributed by atoms with Gasteiger partial charge in [0.1, 0.15) is 11.9 Å². The molecule has 12 heteroatoms. The van der Waals surface area contributed by atoms with Crippen molar-refractivity contribution in [2.45, 2.75) is 31.8 Å². The molecule has 4 heterocycles. The van der Waals surface area contributed by atoms with Crippen LogP contribution in [-0.4, -0.2) is 26.0 Å². The molecular formula is C27H22Cl2FN9. The summed E-state index contributed by atoms with van der Waals surface area (Å²) in [7, 11) is 0. The lowest BCUT2D eigenvalue weighted by atomic mass is 10.0. The number of hydrogen-bond acceptors (Lipinski definition) is 9. The predicted octanol–water partition coefficient (Wildman–Crippen LogP) is 5.88. The first-order valence-corrected chi connectivity index (χ1v) is 13.0. The van der Waals surface area contributed by atoms with E-state index in [1.54, 1.807) is 25.4 Å². The first kappa shape index (κ1) is 25.1. The third-order valence-corrected chi connectivity index (χ3v) is 7.06. The molecule has 2 aliphatic rings. The molecular weight excluding hydrogens is 540 g/mol. The fourth-order valence-electron chi connectivity index (χ4n) is 4.41. The van der Waals surface area contributed by atoms with Crippen molar-refractivity contribution >= 4 is 51.2 Å². The average Bonchev–Trinajstić information content (AvgIpc) is 3.66. The number of fused-ring (bicyclic) bond motifs is 1. The Morgan fingerprint density at radius 2 is 1.95 bits per heavy atom. The minimum Gasteiger partial charge on any atom is -0.373 e. The second kappa shape index (κ2) is 10.2. The highest BCUT2D eigenvalue weighted by Crippen LogP contribution is 2.37. The number of nitrogens with zero attached hydrogens (tertiary/aromatic N) is 5. The van der Waals surface area contributed by atoms with Gasteiger partial charge >= 0.3 is 0 Å². The summed E-state index contributed by atoms with van der Waals surface area (Å²) in [5.74, 6) is -0.457. The Kier molecular flexibility index (Phi) is 6.56. The third-order valence-electron chi connectivity index (χ3n) is 6.57. The number of hydrazine groups is 2. The van der Waals surface area contributed by atoms with Gasteiger partial charge in [0.05, 0.1) is 56.1 Å². The van der Waals surface area contributed by atoms with E-state index in [1.165, 1.54) is 18.5 Å². The maximum atomic E-state index is 14.2. The van der Waals surface area contributed by atoms with Gasteiger partial charge in [-0.25, -0.2) is 4.39 Å². The van der Waals surface area contributed by atoms with E-state index in [2.05, 4.69) is 47.6 Å². The van der Waals surface area contributed by atoms with Crippen LogP contribution in [0.4, 0.5) is 21.5 Å². The maximum Gasteiger partial charge on any atom is 0.146 e. The molecule has 0 radical (unpaired) electrons. The zero-order valence-electron chi connectivity index (χ0n) is 20.6. The van der Waals surface area contributed by atoms with Gasteiger partial charge < -0.3 is 16.1 Å². The summed E-state index contributed by atoms with van der Waals surface area (Å²) in [5, 5.41) is 20.0. The van der Waals surface area contributed by atoms with Crippen LogP contribution in [0.5, 0.6) is 0 Å². The molecule has 1 aliphatic heterocycles. The summed E-state index contributed by atoms with van der Waals surface area (Å²) in [6, 6.07) is 9.04. The van der Waals surface area contributed by atoms with E-state index in [-0.39, 0.29) is 17.3 Å². The molecule has 1 aliphatic carbocycles. The Labute approximate surface area is 233 Å². The minimum atomic E-state index is -0.457. The molecule has 1 atom stereocenters. The molecule has 1 fully saturated rings. The van der Waals surface area contributed by atoms with E-state index in [1.807, 2.05) is 18.3 Å². The van der Waals surface area contributed by atoms with Crippen LogP contribution in [0, 0.1) is 24.1 Å². The van der Waals surface area contributed by atoms with Crippen molar-refractivity contribution in [1.82, 2.24) is 30.9 Å². The van der Waals surface area contributed by atoms with Gasteiger partial charge in [0, 0.05) is 53.5 Å². The summed E-state index contributed by atoms with van der Waals surface area (Å²) in [6.07, 6.45) is 10.5. The summed E-state index contributed by atoms with van der Waals surface area (Å²) in [4.78, 5) is 12.8. The predicted molar refractivity (Wildman–Crippen MR) is 149 cm³/mol. The number of benzene rings is 1. The van der Waals surface area contributed by atoms with E-state index >= 15 is 0 Å². The third kappa shape index (κ3) is 5.12. The van der Waals surface area contributed by atoms with Gasteiger partial charge in [0.25, 0.3) is 0 Å². The van der Waals surface area contributed by atoms with Crippen molar-refractivity contribution in [3.8, 4) is 6.07 Å². The van der Waals surface area contributed by atoms with Crippen molar-refractivity contribution in [2.24, 2.45) is 0 Å². The standard InChI is InChI=1S/C27H22Cl2FN9/c1-14-23(30)7-19(12-33-14)36-25-16(8-31)10-34-27-21(25)5-18(6-22(27)29)35-26(15-4-17(28)11-32-9-15)24-13-39(38-37-24)20-2-3-20/h4-7,9-13,20,26,35,37-38H,2-3H2,1H3,(H,34,36)/t26-/m0/s1. The smallest absolute Gasteiger partial charge is 0.146 e. The molecule has 6 rings (SSSR count). The van der Waals surface area contributed by atoms with E-state index in [4.69, 9.17) is 23.2 Å². The summed E-state index contributed by atoms with van der Waals surface area (Å²) >= 11 is 13.0.